The minimum Gasteiger partial charge on any atom is -0.485 e. The molecule has 0 radical (unpaired) electrons. The first-order valence-corrected chi connectivity index (χ1v) is 14.1. The van der Waals surface area contributed by atoms with Crippen LogP contribution in [-0.2, 0) is 11.2 Å². The Morgan fingerprint density at radius 2 is 1.62 bits per heavy atom. The standard InChI is InChI=1S/C35H33N3O4/c1-23-33(29(35(40)41)20-24-10-4-3-5-11-24)28-12-6-7-13-30(28)38(23)34(39)25-16-18-26(19-17-25)36-21-27-22-37(2)31-14-8-9-15-32(31)42-27/h3-19,27,29,36H,20-22H2,1-2H3,(H,40,41)/t27-,29?/m1/s1. The summed E-state index contributed by atoms with van der Waals surface area (Å²) in [4.78, 5) is 28.6. The van der Waals surface area contributed by atoms with E-state index >= 15 is 0 Å². The summed E-state index contributed by atoms with van der Waals surface area (Å²) in [6.45, 7) is 3.22. The van der Waals surface area contributed by atoms with Gasteiger partial charge in [-0.15, -0.1) is 0 Å². The van der Waals surface area contributed by atoms with Gasteiger partial charge in [-0.05, 0) is 66.9 Å². The molecular weight excluding hydrogens is 526 g/mol. The summed E-state index contributed by atoms with van der Waals surface area (Å²) in [5.41, 5.74) is 5.45. The first-order chi connectivity index (χ1) is 20.4. The monoisotopic (exact) mass is 559 g/mol. The van der Waals surface area contributed by atoms with Crippen LogP contribution in [0.3, 0.4) is 0 Å². The summed E-state index contributed by atoms with van der Waals surface area (Å²) in [5, 5.41) is 14.5. The van der Waals surface area contributed by atoms with Crippen LogP contribution in [0.25, 0.3) is 10.9 Å². The fourth-order valence-corrected chi connectivity index (χ4v) is 5.95. The van der Waals surface area contributed by atoms with Crippen molar-refractivity contribution in [2.75, 3.05) is 30.4 Å². The van der Waals surface area contributed by atoms with E-state index in [4.69, 9.17) is 4.74 Å². The maximum Gasteiger partial charge on any atom is 0.311 e. The SMILES string of the molecule is Cc1c(C(Cc2ccccc2)C(=O)O)c2ccccc2n1C(=O)c1ccc(NC[C@@H]2CN(C)c3ccccc3O2)cc1. The van der Waals surface area contributed by atoms with Gasteiger partial charge in [0, 0.05) is 29.4 Å². The highest BCUT2D eigenvalue weighted by atomic mass is 16.5. The molecule has 0 saturated heterocycles. The van der Waals surface area contributed by atoms with E-state index in [9.17, 15) is 14.7 Å². The Morgan fingerprint density at radius 3 is 2.38 bits per heavy atom. The van der Waals surface area contributed by atoms with Gasteiger partial charge in [-0.25, -0.2) is 0 Å². The molecule has 1 unspecified atom stereocenters. The van der Waals surface area contributed by atoms with Crippen molar-refractivity contribution in [1.82, 2.24) is 4.57 Å². The number of para-hydroxylation sites is 3. The van der Waals surface area contributed by atoms with Crippen molar-refractivity contribution in [2.24, 2.45) is 0 Å². The molecule has 7 heteroatoms. The molecule has 5 aromatic rings. The molecule has 0 bridgehead atoms. The van der Waals surface area contributed by atoms with E-state index in [1.54, 1.807) is 16.7 Å². The van der Waals surface area contributed by atoms with Crippen LogP contribution in [-0.4, -0.2) is 47.8 Å². The highest BCUT2D eigenvalue weighted by Gasteiger charge is 2.29. The van der Waals surface area contributed by atoms with Crippen molar-refractivity contribution in [2.45, 2.75) is 25.4 Å². The van der Waals surface area contributed by atoms with Gasteiger partial charge in [0.15, 0.2) is 0 Å². The molecule has 7 nitrogen and oxygen atoms in total. The number of likely N-dealkylation sites (N-methyl/N-ethyl adjacent to an activating group) is 1. The largest absolute Gasteiger partial charge is 0.485 e. The second-order valence-corrected chi connectivity index (χ2v) is 10.8. The molecule has 2 N–H and O–H groups in total. The van der Waals surface area contributed by atoms with Gasteiger partial charge in [0.2, 0.25) is 0 Å². The lowest BCUT2D eigenvalue weighted by Gasteiger charge is -2.34. The van der Waals surface area contributed by atoms with Crippen LogP contribution >= 0.6 is 0 Å². The highest BCUT2D eigenvalue weighted by molar-refractivity contribution is 6.05. The number of anilines is 2. The molecule has 0 amide bonds. The smallest absolute Gasteiger partial charge is 0.311 e. The Morgan fingerprint density at radius 1 is 0.929 bits per heavy atom. The molecule has 0 spiro atoms. The van der Waals surface area contributed by atoms with E-state index in [2.05, 4.69) is 23.3 Å². The van der Waals surface area contributed by atoms with Crippen molar-refractivity contribution >= 4 is 34.2 Å². The minimum atomic E-state index is -0.913. The third kappa shape index (κ3) is 5.21. The Hall–Kier alpha value is -5.04. The van der Waals surface area contributed by atoms with Crippen LogP contribution in [0.5, 0.6) is 5.75 Å². The number of nitrogens with one attached hydrogen (secondary N) is 1. The predicted molar refractivity (Wildman–Crippen MR) is 166 cm³/mol. The van der Waals surface area contributed by atoms with Crippen molar-refractivity contribution in [3.8, 4) is 5.75 Å². The fourth-order valence-electron chi connectivity index (χ4n) is 5.95. The number of aromatic nitrogens is 1. The highest BCUT2D eigenvalue weighted by Crippen LogP contribution is 2.35. The van der Waals surface area contributed by atoms with Crippen LogP contribution in [0, 0.1) is 6.92 Å². The van der Waals surface area contributed by atoms with Gasteiger partial charge in [-0.1, -0.05) is 60.7 Å². The third-order valence-electron chi connectivity index (χ3n) is 8.01. The molecule has 42 heavy (non-hydrogen) atoms. The molecular formula is C35H33N3O4. The number of fused-ring (bicyclic) bond motifs is 2. The average Bonchev–Trinajstić information content (AvgIpc) is 3.30. The molecule has 6 rings (SSSR count). The van der Waals surface area contributed by atoms with Gasteiger partial charge >= 0.3 is 5.97 Å². The zero-order valence-electron chi connectivity index (χ0n) is 23.7. The molecule has 0 fully saturated rings. The van der Waals surface area contributed by atoms with Crippen molar-refractivity contribution in [3.05, 3.63) is 126 Å². The summed E-state index contributed by atoms with van der Waals surface area (Å²) in [6, 6.07) is 32.6. The minimum absolute atomic E-state index is 0.0171. The van der Waals surface area contributed by atoms with E-state index in [-0.39, 0.29) is 12.0 Å². The normalized spacial score (nSPS) is 15.1. The fraction of sp³-hybridized carbons (Fsp3) is 0.200. The van der Waals surface area contributed by atoms with Crippen LogP contribution in [0.15, 0.2) is 103 Å². The second-order valence-electron chi connectivity index (χ2n) is 10.8. The molecule has 1 aromatic heterocycles. The van der Waals surface area contributed by atoms with Crippen molar-refractivity contribution < 1.29 is 19.4 Å². The zero-order chi connectivity index (χ0) is 29.2. The average molecular weight is 560 g/mol. The lowest BCUT2D eigenvalue weighted by atomic mass is 9.90. The maximum atomic E-state index is 13.9. The van der Waals surface area contributed by atoms with Gasteiger partial charge < -0.3 is 20.1 Å². The molecule has 1 aliphatic heterocycles. The van der Waals surface area contributed by atoms with Gasteiger partial charge in [-0.3, -0.25) is 14.2 Å². The van der Waals surface area contributed by atoms with Crippen molar-refractivity contribution in [1.29, 1.82) is 0 Å². The first-order valence-electron chi connectivity index (χ1n) is 14.1. The van der Waals surface area contributed by atoms with Gasteiger partial charge in [-0.2, -0.15) is 0 Å². The molecule has 2 heterocycles. The zero-order valence-corrected chi connectivity index (χ0v) is 23.7. The Balaban J connectivity index is 1.23. The summed E-state index contributed by atoms with van der Waals surface area (Å²) >= 11 is 0. The first kappa shape index (κ1) is 27.1. The Labute approximate surface area is 245 Å². The predicted octanol–water partition coefficient (Wildman–Crippen LogP) is 6.36. The third-order valence-corrected chi connectivity index (χ3v) is 8.01. The molecule has 2 atom stereocenters. The summed E-state index contributed by atoms with van der Waals surface area (Å²) in [7, 11) is 2.06. The van der Waals surface area contributed by atoms with Gasteiger partial charge in [0.1, 0.15) is 11.9 Å². The van der Waals surface area contributed by atoms with E-state index in [0.717, 1.165) is 34.6 Å². The molecule has 1 aliphatic rings. The summed E-state index contributed by atoms with van der Waals surface area (Å²) in [6.07, 6.45) is 0.322. The van der Waals surface area contributed by atoms with E-state index in [1.165, 1.54) is 0 Å². The number of carboxylic acids is 1. The molecule has 212 valence electrons. The van der Waals surface area contributed by atoms with E-state index in [1.807, 2.05) is 91.9 Å². The number of carbonyl (C=O) groups excluding carboxylic acids is 1. The number of hydrogen-bond acceptors (Lipinski definition) is 5. The lowest BCUT2D eigenvalue weighted by Crippen LogP contribution is -2.41. The Bertz CT molecular complexity index is 1740. The molecule has 0 aliphatic carbocycles. The van der Waals surface area contributed by atoms with Crippen LogP contribution in [0.4, 0.5) is 11.4 Å². The molecule has 0 saturated carbocycles. The second kappa shape index (κ2) is 11.4. The number of nitrogens with zero attached hydrogens (tertiary/aromatic N) is 2. The van der Waals surface area contributed by atoms with Crippen LogP contribution < -0.4 is 15.0 Å². The van der Waals surface area contributed by atoms with Crippen LogP contribution in [0.1, 0.15) is 33.1 Å². The van der Waals surface area contributed by atoms with Gasteiger partial charge in [0.05, 0.1) is 30.2 Å². The summed E-state index contributed by atoms with van der Waals surface area (Å²) < 4.78 is 7.82. The number of ether oxygens (including phenoxy) is 1. The number of carboxylic acid groups (broad SMARTS) is 1. The number of rotatable bonds is 8. The number of hydrogen-bond donors (Lipinski definition) is 2. The van der Waals surface area contributed by atoms with Crippen LogP contribution in [0.2, 0.25) is 0 Å². The maximum absolute atomic E-state index is 13.9. The van der Waals surface area contributed by atoms with E-state index in [0.29, 0.717) is 35.3 Å². The summed E-state index contributed by atoms with van der Waals surface area (Å²) in [5.74, 6) is -1.02. The number of aliphatic carboxylic acids is 1. The van der Waals surface area contributed by atoms with Crippen molar-refractivity contribution in [3.63, 3.8) is 0 Å². The quantitative estimate of drug-likeness (QED) is 0.230. The Kier molecular flexibility index (Phi) is 7.40. The molecule has 4 aromatic carbocycles. The topological polar surface area (TPSA) is 83.8 Å². The van der Waals surface area contributed by atoms with E-state index < -0.39 is 11.9 Å². The number of carbonyl (C=O) groups is 2. The van der Waals surface area contributed by atoms with Gasteiger partial charge in [0.25, 0.3) is 5.91 Å². The lowest BCUT2D eigenvalue weighted by molar-refractivity contribution is -0.138. The number of benzene rings is 4.